The molecule has 114 valence electrons. The first-order chi connectivity index (χ1) is 9.49. The van der Waals surface area contributed by atoms with Crippen LogP contribution in [0, 0.1) is 5.92 Å². The molecule has 0 radical (unpaired) electrons. The van der Waals surface area contributed by atoms with E-state index in [0.717, 1.165) is 6.42 Å². The van der Waals surface area contributed by atoms with E-state index in [9.17, 15) is 8.42 Å². The van der Waals surface area contributed by atoms with E-state index >= 15 is 0 Å². The molecular formula is C14H23NO4S. The Labute approximate surface area is 121 Å². The predicted octanol–water partition coefficient (Wildman–Crippen LogP) is 1.77. The van der Waals surface area contributed by atoms with E-state index in [1.165, 1.54) is 12.1 Å². The Kier molecular flexibility index (Phi) is 6.98. The van der Waals surface area contributed by atoms with Crippen molar-refractivity contribution in [2.24, 2.45) is 5.92 Å². The van der Waals surface area contributed by atoms with Gasteiger partial charge in [0.1, 0.15) is 5.75 Å². The van der Waals surface area contributed by atoms with Gasteiger partial charge in [-0.15, -0.1) is 0 Å². The number of aliphatic hydroxyl groups is 1. The van der Waals surface area contributed by atoms with Crippen LogP contribution in [0.5, 0.6) is 5.75 Å². The monoisotopic (exact) mass is 301 g/mol. The molecule has 1 aromatic rings. The number of aliphatic hydroxyl groups excluding tert-OH is 1. The minimum Gasteiger partial charge on any atom is -0.494 e. The van der Waals surface area contributed by atoms with Crippen LogP contribution >= 0.6 is 0 Å². The lowest BCUT2D eigenvalue weighted by Crippen LogP contribution is -2.25. The van der Waals surface area contributed by atoms with Gasteiger partial charge in [-0.05, 0) is 49.9 Å². The van der Waals surface area contributed by atoms with Gasteiger partial charge in [-0.1, -0.05) is 6.92 Å². The Morgan fingerprint density at radius 3 is 2.50 bits per heavy atom. The first-order valence-electron chi connectivity index (χ1n) is 6.83. The Morgan fingerprint density at radius 1 is 1.30 bits per heavy atom. The summed E-state index contributed by atoms with van der Waals surface area (Å²) in [5, 5.41) is 8.89. The Balaban J connectivity index is 2.51. The van der Waals surface area contributed by atoms with Crippen LogP contribution in [0.1, 0.15) is 26.7 Å². The SMILES string of the molecule is CCOc1ccc(S(=O)(=O)NCCCC(C)CO)cc1. The summed E-state index contributed by atoms with van der Waals surface area (Å²) in [4.78, 5) is 0.233. The fourth-order valence-electron chi connectivity index (χ4n) is 1.71. The number of rotatable bonds is 9. The van der Waals surface area contributed by atoms with Gasteiger partial charge in [0.15, 0.2) is 0 Å². The van der Waals surface area contributed by atoms with E-state index in [0.29, 0.717) is 25.3 Å². The lowest BCUT2D eigenvalue weighted by molar-refractivity contribution is 0.228. The third-order valence-corrected chi connectivity index (χ3v) is 4.40. The van der Waals surface area contributed by atoms with E-state index in [1.54, 1.807) is 12.1 Å². The zero-order chi connectivity index (χ0) is 15.0. The molecule has 1 atom stereocenters. The minimum atomic E-state index is -3.46. The predicted molar refractivity (Wildman–Crippen MR) is 78.3 cm³/mol. The quantitative estimate of drug-likeness (QED) is 0.682. The summed E-state index contributed by atoms with van der Waals surface area (Å²) < 4.78 is 31.9. The second kappa shape index (κ2) is 8.24. The Morgan fingerprint density at radius 2 is 1.95 bits per heavy atom. The van der Waals surface area contributed by atoms with E-state index in [-0.39, 0.29) is 17.4 Å². The molecule has 0 fully saturated rings. The van der Waals surface area contributed by atoms with Crippen molar-refractivity contribution < 1.29 is 18.3 Å². The van der Waals surface area contributed by atoms with Crippen molar-refractivity contribution in [1.82, 2.24) is 4.72 Å². The molecule has 0 aromatic heterocycles. The van der Waals surface area contributed by atoms with E-state index in [1.807, 2.05) is 13.8 Å². The standard InChI is InChI=1S/C14H23NO4S/c1-3-19-13-6-8-14(9-7-13)20(17,18)15-10-4-5-12(2)11-16/h6-9,12,15-16H,3-5,10-11H2,1-2H3. The van der Waals surface area contributed by atoms with Gasteiger partial charge < -0.3 is 9.84 Å². The summed E-state index contributed by atoms with van der Waals surface area (Å²) in [6, 6.07) is 6.35. The highest BCUT2D eigenvalue weighted by molar-refractivity contribution is 7.89. The first kappa shape index (κ1) is 16.9. The molecule has 0 spiro atoms. The minimum absolute atomic E-state index is 0.131. The molecule has 0 bridgehead atoms. The molecule has 0 aliphatic rings. The van der Waals surface area contributed by atoms with Crippen LogP contribution in [0.2, 0.25) is 0 Å². The second-order valence-corrected chi connectivity index (χ2v) is 6.50. The third-order valence-electron chi connectivity index (χ3n) is 2.92. The highest BCUT2D eigenvalue weighted by Crippen LogP contribution is 2.15. The molecule has 0 amide bonds. The van der Waals surface area contributed by atoms with E-state index < -0.39 is 10.0 Å². The number of hydrogen-bond donors (Lipinski definition) is 2. The van der Waals surface area contributed by atoms with Crippen molar-refractivity contribution >= 4 is 10.0 Å². The van der Waals surface area contributed by atoms with Gasteiger partial charge in [0, 0.05) is 13.2 Å². The molecule has 1 rings (SSSR count). The van der Waals surface area contributed by atoms with Crippen molar-refractivity contribution in [2.45, 2.75) is 31.6 Å². The fraction of sp³-hybridized carbons (Fsp3) is 0.571. The van der Waals surface area contributed by atoms with Gasteiger partial charge in [0.05, 0.1) is 11.5 Å². The summed E-state index contributed by atoms with van der Waals surface area (Å²) in [5.41, 5.74) is 0. The molecule has 5 nitrogen and oxygen atoms in total. The molecule has 0 heterocycles. The van der Waals surface area contributed by atoms with Crippen molar-refractivity contribution in [3.05, 3.63) is 24.3 Å². The number of sulfonamides is 1. The highest BCUT2D eigenvalue weighted by Gasteiger charge is 2.13. The molecule has 6 heteroatoms. The average molecular weight is 301 g/mol. The van der Waals surface area contributed by atoms with Crippen molar-refractivity contribution in [2.75, 3.05) is 19.8 Å². The summed E-state index contributed by atoms with van der Waals surface area (Å²) >= 11 is 0. The van der Waals surface area contributed by atoms with Crippen LogP contribution in [0.25, 0.3) is 0 Å². The van der Waals surface area contributed by atoms with Crippen LogP contribution in [-0.2, 0) is 10.0 Å². The number of hydrogen-bond acceptors (Lipinski definition) is 4. The average Bonchev–Trinajstić information content (AvgIpc) is 2.44. The molecule has 0 saturated heterocycles. The topological polar surface area (TPSA) is 75.6 Å². The largest absolute Gasteiger partial charge is 0.494 e. The maximum Gasteiger partial charge on any atom is 0.240 e. The summed E-state index contributed by atoms with van der Waals surface area (Å²) in [6.07, 6.45) is 1.50. The van der Waals surface area contributed by atoms with Gasteiger partial charge >= 0.3 is 0 Å². The van der Waals surface area contributed by atoms with Gasteiger partial charge in [-0.25, -0.2) is 13.1 Å². The number of nitrogens with one attached hydrogen (secondary N) is 1. The molecule has 2 N–H and O–H groups in total. The maximum absolute atomic E-state index is 12.0. The maximum atomic E-state index is 12.0. The molecule has 0 aliphatic carbocycles. The van der Waals surface area contributed by atoms with E-state index in [4.69, 9.17) is 9.84 Å². The van der Waals surface area contributed by atoms with Crippen molar-refractivity contribution in [3.8, 4) is 5.75 Å². The van der Waals surface area contributed by atoms with Crippen LogP contribution < -0.4 is 9.46 Å². The lowest BCUT2D eigenvalue weighted by atomic mass is 10.1. The molecule has 1 unspecified atom stereocenters. The smallest absolute Gasteiger partial charge is 0.240 e. The Hall–Kier alpha value is -1.11. The molecular weight excluding hydrogens is 278 g/mol. The summed E-state index contributed by atoms with van der Waals surface area (Å²) in [5.74, 6) is 0.855. The normalized spacial score (nSPS) is 13.2. The molecule has 0 aliphatic heterocycles. The van der Waals surface area contributed by atoms with E-state index in [2.05, 4.69) is 4.72 Å². The first-order valence-corrected chi connectivity index (χ1v) is 8.31. The van der Waals surface area contributed by atoms with Gasteiger partial charge in [-0.3, -0.25) is 0 Å². The molecule has 0 saturated carbocycles. The van der Waals surface area contributed by atoms with Crippen LogP contribution in [0.3, 0.4) is 0 Å². The van der Waals surface area contributed by atoms with Gasteiger partial charge in [-0.2, -0.15) is 0 Å². The summed E-state index contributed by atoms with van der Waals surface area (Å²) in [7, 11) is -3.46. The van der Waals surface area contributed by atoms with Gasteiger partial charge in [0.2, 0.25) is 10.0 Å². The van der Waals surface area contributed by atoms with Crippen molar-refractivity contribution in [1.29, 1.82) is 0 Å². The molecule has 1 aromatic carbocycles. The second-order valence-electron chi connectivity index (χ2n) is 4.73. The number of benzene rings is 1. The van der Waals surface area contributed by atoms with Crippen LogP contribution in [0.4, 0.5) is 0 Å². The highest BCUT2D eigenvalue weighted by atomic mass is 32.2. The summed E-state index contributed by atoms with van der Waals surface area (Å²) in [6.45, 7) is 4.86. The number of ether oxygens (including phenoxy) is 1. The van der Waals surface area contributed by atoms with Crippen molar-refractivity contribution in [3.63, 3.8) is 0 Å². The third kappa shape index (κ3) is 5.48. The zero-order valence-electron chi connectivity index (χ0n) is 12.0. The fourth-order valence-corrected chi connectivity index (χ4v) is 2.79. The van der Waals surface area contributed by atoms with Gasteiger partial charge in [0.25, 0.3) is 0 Å². The van der Waals surface area contributed by atoms with Crippen LogP contribution in [0.15, 0.2) is 29.2 Å². The Bertz CT molecular complexity index is 484. The molecule has 20 heavy (non-hydrogen) atoms. The van der Waals surface area contributed by atoms with Crippen LogP contribution in [-0.4, -0.2) is 33.3 Å². The lowest BCUT2D eigenvalue weighted by Gasteiger charge is -2.10. The zero-order valence-corrected chi connectivity index (χ0v) is 12.8.